The van der Waals surface area contributed by atoms with Gasteiger partial charge in [0.1, 0.15) is 5.82 Å². The molecule has 2 aliphatic rings. The molecular formula is C22H21FN4O. The first kappa shape index (κ1) is 17.0. The third kappa shape index (κ3) is 2.76. The van der Waals surface area contributed by atoms with Crippen LogP contribution < -0.4 is 5.32 Å². The summed E-state index contributed by atoms with van der Waals surface area (Å²) in [6, 6.07) is 14.6. The van der Waals surface area contributed by atoms with Crippen molar-refractivity contribution in [2.45, 2.75) is 18.9 Å². The molecule has 1 atom stereocenters. The number of amides is 2. The monoisotopic (exact) mass is 376 g/mol. The Hall–Kier alpha value is -3.15. The zero-order chi connectivity index (χ0) is 19.1. The van der Waals surface area contributed by atoms with Gasteiger partial charge in [-0.1, -0.05) is 30.3 Å². The van der Waals surface area contributed by atoms with Gasteiger partial charge in [-0.05, 0) is 37.0 Å². The Bertz CT molecular complexity index is 1010. The van der Waals surface area contributed by atoms with Crippen molar-refractivity contribution in [2.24, 2.45) is 5.92 Å². The zero-order valence-electron chi connectivity index (χ0n) is 15.4. The molecule has 0 radical (unpaired) electrons. The maximum atomic E-state index is 14.7. The highest BCUT2D eigenvalue weighted by atomic mass is 19.1. The zero-order valence-corrected chi connectivity index (χ0v) is 15.4. The molecule has 0 spiro atoms. The van der Waals surface area contributed by atoms with Crippen molar-refractivity contribution < 1.29 is 9.18 Å². The predicted octanol–water partition coefficient (Wildman–Crippen LogP) is 4.54. The molecule has 142 valence electrons. The number of aromatic nitrogens is 2. The predicted molar refractivity (Wildman–Crippen MR) is 106 cm³/mol. The Kier molecular flexibility index (Phi) is 4.11. The van der Waals surface area contributed by atoms with Crippen LogP contribution >= 0.6 is 0 Å². The normalized spacial score (nSPS) is 18.6. The Balaban J connectivity index is 1.32. The second-order valence-electron chi connectivity index (χ2n) is 7.45. The molecule has 0 bridgehead atoms. The van der Waals surface area contributed by atoms with Gasteiger partial charge in [0.15, 0.2) is 0 Å². The lowest BCUT2D eigenvalue weighted by molar-refractivity contribution is 0.169. The number of hydrogen-bond acceptors (Lipinski definition) is 2. The number of rotatable bonds is 2. The van der Waals surface area contributed by atoms with Crippen LogP contribution in [-0.4, -0.2) is 33.6 Å². The molecular weight excluding hydrogens is 355 g/mol. The molecule has 1 unspecified atom stereocenters. The van der Waals surface area contributed by atoms with Crippen molar-refractivity contribution in [3.8, 4) is 11.3 Å². The fourth-order valence-corrected chi connectivity index (χ4v) is 4.54. The molecule has 1 aromatic heterocycles. The summed E-state index contributed by atoms with van der Waals surface area (Å²) in [5.74, 6) is 0.113. The minimum Gasteiger partial charge on any atom is -0.325 e. The number of imidazole rings is 1. The number of halogens is 1. The fraction of sp³-hybridized carbons (Fsp3) is 0.273. The van der Waals surface area contributed by atoms with E-state index in [9.17, 15) is 9.18 Å². The maximum Gasteiger partial charge on any atom is 0.321 e. The summed E-state index contributed by atoms with van der Waals surface area (Å²) in [4.78, 5) is 18.7. The fourth-order valence-electron chi connectivity index (χ4n) is 4.54. The quantitative estimate of drug-likeness (QED) is 0.714. The molecule has 28 heavy (non-hydrogen) atoms. The van der Waals surface area contributed by atoms with Crippen molar-refractivity contribution in [2.75, 3.05) is 18.4 Å². The molecule has 2 amide bonds. The van der Waals surface area contributed by atoms with Gasteiger partial charge in [-0.3, -0.25) is 0 Å². The highest BCUT2D eigenvalue weighted by molar-refractivity contribution is 5.89. The van der Waals surface area contributed by atoms with E-state index in [2.05, 4.69) is 14.9 Å². The molecule has 1 fully saturated rings. The number of anilines is 1. The highest BCUT2D eigenvalue weighted by Crippen LogP contribution is 2.46. The van der Waals surface area contributed by atoms with E-state index in [1.165, 1.54) is 6.07 Å². The number of benzene rings is 2. The van der Waals surface area contributed by atoms with E-state index in [4.69, 9.17) is 0 Å². The average molecular weight is 376 g/mol. The molecule has 5 nitrogen and oxygen atoms in total. The van der Waals surface area contributed by atoms with Gasteiger partial charge in [-0.15, -0.1) is 0 Å². The van der Waals surface area contributed by atoms with Gasteiger partial charge >= 0.3 is 6.03 Å². The van der Waals surface area contributed by atoms with Gasteiger partial charge in [-0.25, -0.2) is 14.2 Å². The summed E-state index contributed by atoms with van der Waals surface area (Å²) in [7, 11) is 0. The molecule has 0 aliphatic carbocycles. The Labute approximate surface area is 162 Å². The Morgan fingerprint density at radius 3 is 2.64 bits per heavy atom. The lowest BCUT2D eigenvalue weighted by Gasteiger charge is -2.35. The summed E-state index contributed by atoms with van der Waals surface area (Å²) >= 11 is 0. The lowest BCUT2D eigenvalue weighted by atomic mass is 9.85. The highest BCUT2D eigenvalue weighted by Gasteiger charge is 2.38. The minimum absolute atomic E-state index is 0.0481. The van der Waals surface area contributed by atoms with Crippen LogP contribution in [0.2, 0.25) is 0 Å². The summed E-state index contributed by atoms with van der Waals surface area (Å²) in [6.07, 6.45) is 5.27. The number of fused-ring (bicyclic) bond motifs is 3. The van der Waals surface area contributed by atoms with E-state index in [1.54, 1.807) is 18.6 Å². The largest absolute Gasteiger partial charge is 0.325 e. The van der Waals surface area contributed by atoms with E-state index in [-0.39, 0.29) is 23.8 Å². The van der Waals surface area contributed by atoms with Crippen LogP contribution in [0.15, 0.2) is 61.1 Å². The summed E-state index contributed by atoms with van der Waals surface area (Å²) < 4.78 is 16.8. The number of urea groups is 1. The van der Waals surface area contributed by atoms with Crippen LogP contribution in [0, 0.1) is 11.7 Å². The number of nitrogens with zero attached hydrogens (tertiary/aromatic N) is 3. The first-order chi connectivity index (χ1) is 13.7. The molecule has 0 saturated carbocycles. The maximum absolute atomic E-state index is 14.7. The van der Waals surface area contributed by atoms with Crippen molar-refractivity contribution in [1.82, 2.24) is 14.5 Å². The van der Waals surface area contributed by atoms with Gasteiger partial charge < -0.3 is 14.8 Å². The Morgan fingerprint density at radius 2 is 1.86 bits per heavy atom. The number of piperidine rings is 1. The Morgan fingerprint density at radius 1 is 1.07 bits per heavy atom. The van der Waals surface area contributed by atoms with Gasteiger partial charge in [0.2, 0.25) is 0 Å². The minimum atomic E-state index is -0.157. The summed E-state index contributed by atoms with van der Waals surface area (Å²) in [5, 5.41) is 2.94. The van der Waals surface area contributed by atoms with E-state index in [1.807, 2.05) is 41.3 Å². The second-order valence-corrected chi connectivity index (χ2v) is 7.45. The SMILES string of the molecule is O=C(Nc1ccccc1)N1CCC(C2c3c(F)cccc3-c3cncn32)CC1. The number of likely N-dealkylation sites (tertiary alicyclic amines) is 1. The van der Waals surface area contributed by atoms with Crippen LogP contribution in [0.1, 0.15) is 24.4 Å². The average Bonchev–Trinajstić information content (AvgIpc) is 3.31. The smallest absolute Gasteiger partial charge is 0.321 e. The van der Waals surface area contributed by atoms with Crippen molar-refractivity contribution in [3.63, 3.8) is 0 Å². The first-order valence-electron chi connectivity index (χ1n) is 9.64. The van der Waals surface area contributed by atoms with Crippen LogP contribution in [0.3, 0.4) is 0 Å². The number of carbonyl (C=O) groups is 1. The van der Waals surface area contributed by atoms with E-state index >= 15 is 0 Å². The van der Waals surface area contributed by atoms with Gasteiger partial charge in [-0.2, -0.15) is 0 Å². The van der Waals surface area contributed by atoms with E-state index in [0.29, 0.717) is 13.1 Å². The van der Waals surface area contributed by atoms with Crippen LogP contribution in [0.25, 0.3) is 11.3 Å². The second kappa shape index (κ2) is 6.78. The number of nitrogens with one attached hydrogen (secondary N) is 1. The molecule has 2 aromatic carbocycles. The van der Waals surface area contributed by atoms with Crippen LogP contribution in [-0.2, 0) is 0 Å². The molecule has 1 N–H and O–H groups in total. The van der Waals surface area contributed by atoms with Gasteiger partial charge in [0, 0.05) is 29.9 Å². The molecule has 2 aliphatic heterocycles. The van der Waals surface area contributed by atoms with Gasteiger partial charge in [0.25, 0.3) is 0 Å². The van der Waals surface area contributed by atoms with Crippen LogP contribution in [0.5, 0.6) is 0 Å². The van der Waals surface area contributed by atoms with Crippen molar-refractivity contribution >= 4 is 11.7 Å². The van der Waals surface area contributed by atoms with Crippen LogP contribution in [0.4, 0.5) is 14.9 Å². The first-order valence-corrected chi connectivity index (χ1v) is 9.64. The van der Waals surface area contributed by atoms with E-state index in [0.717, 1.165) is 35.3 Å². The summed E-state index contributed by atoms with van der Waals surface area (Å²) in [5.41, 5.74) is 3.48. The molecule has 1 saturated heterocycles. The van der Waals surface area contributed by atoms with Crippen molar-refractivity contribution in [3.05, 3.63) is 72.4 Å². The third-order valence-corrected chi connectivity index (χ3v) is 5.89. The molecule has 3 heterocycles. The molecule has 6 heteroatoms. The molecule has 3 aromatic rings. The van der Waals surface area contributed by atoms with E-state index < -0.39 is 0 Å². The lowest BCUT2D eigenvalue weighted by Crippen LogP contribution is -2.42. The van der Waals surface area contributed by atoms with Gasteiger partial charge in [0.05, 0.1) is 24.3 Å². The molecule has 5 rings (SSSR count). The topological polar surface area (TPSA) is 50.2 Å². The third-order valence-electron chi connectivity index (χ3n) is 5.89. The standard InChI is InChI=1S/C22H21FN4O/c23-18-8-4-7-17-19-13-24-14-27(19)21(20(17)18)15-9-11-26(12-10-15)22(28)25-16-5-2-1-3-6-16/h1-8,13-15,21H,9-12H2,(H,25,28). The number of carbonyl (C=O) groups excluding carboxylic acids is 1. The number of para-hydroxylation sites is 1. The van der Waals surface area contributed by atoms with Crippen molar-refractivity contribution in [1.29, 1.82) is 0 Å². The number of hydrogen-bond donors (Lipinski definition) is 1. The summed E-state index contributed by atoms with van der Waals surface area (Å²) in [6.45, 7) is 1.32.